The summed E-state index contributed by atoms with van der Waals surface area (Å²) in [6.45, 7) is -0.293. The van der Waals surface area contributed by atoms with Crippen molar-refractivity contribution in [3.05, 3.63) is 63.2 Å². The van der Waals surface area contributed by atoms with E-state index >= 15 is 0 Å². The summed E-state index contributed by atoms with van der Waals surface area (Å²) in [5.41, 5.74) is 2.08. The summed E-state index contributed by atoms with van der Waals surface area (Å²) < 4.78 is 5.22. The molecule has 24 heavy (non-hydrogen) atoms. The highest BCUT2D eigenvalue weighted by atomic mass is 35.5. The lowest BCUT2D eigenvalue weighted by atomic mass is 10.2. The van der Waals surface area contributed by atoms with E-state index in [0.29, 0.717) is 10.8 Å². The Labute approximate surface area is 141 Å². The van der Waals surface area contributed by atoms with E-state index in [1.165, 1.54) is 6.07 Å². The fourth-order valence-electron chi connectivity index (χ4n) is 1.67. The molecule has 0 fully saturated rings. The van der Waals surface area contributed by atoms with Gasteiger partial charge in [0.25, 0.3) is 11.6 Å². The number of hydrogen-bond donors (Lipinski definition) is 2. The molecule has 0 saturated heterocycles. The first-order chi connectivity index (χ1) is 11.5. The number of nitro benzene ring substituents is 1. The fraction of sp³-hybridized carbons (Fsp3) is 0.0667. The zero-order valence-electron chi connectivity index (χ0n) is 12.2. The highest BCUT2D eigenvalue weighted by molar-refractivity contribution is 6.30. The number of ether oxygens (including phenoxy) is 1. The highest BCUT2D eigenvalue weighted by Crippen LogP contribution is 2.21. The van der Waals surface area contributed by atoms with Crippen LogP contribution in [-0.4, -0.2) is 28.8 Å². The summed E-state index contributed by atoms with van der Waals surface area (Å²) in [5.74, 6) is -0.317. The molecule has 0 unspecified atom stereocenters. The predicted octanol–water partition coefficient (Wildman–Crippen LogP) is 2.48. The molecule has 0 heterocycles. The van der Waals surface area contributed by atoms with E-state index in [1.807, 2.05) is 0 Å². The van der Waals surface area contributed by atoms with Gasteiger partial charge >= 0.3 is 0 Å². The number of rotatable bonds is 6. The molecule has 0 saturated carbocycles. The van der Waals surface area contributed by atoms with Gasteiger partial charge in [0, 0.05) is 22.7 Å². The van der Waals surface area contributed by atoms with Gasteiger partial charge < -0.3 is 9.84 Å². The molecular formula is C15H12ClN3O5. The van der Waals surface area contributed by atoms with Gasteiger partial charge in [0.15, 0.2) is 6.61 Å². The molecule has 0 radical (unpaired) electrons. The second-order valence-corrected chi connectivity index (χ2v) is 4.98. The second-order valence-electron chi connectivity index (χ2n) is 4.54. The van der Waals surface area contributed by atoms with Crippen LogP contribution in [0.2, 0.25) is 5.02 Å². The third kappa shape index (κ3) is 4.96. The van der Waals surface area contributed by atoms with Crippen LogP contribution in [0.15, 0.2) is 47.6 Å². The molecule has 8 nitrogen and oxygen atoms in total. The van der Waals surface area contributed by atoms with Crippen molar-refractivity contribution in [1.82, 2.24) is 5.43 Å². The van der Waals surface area contributed by atoms with Crippen LogP contribution in [0.3, 0.4) is 0 Å². The number of carbonyl (C=O) groups excluding carboxylic acids is 1. The molecule has 124 valence electrons. The number of carbonyl (C=O) groups is 1. The average molecular weight is 350 g/mol. The maximum atomic E-state index is 11.6. The number of non-ortho nitro benzene ring substituents is 1. The molecule has 2 rings (SSSR count). The predicted molar refractivity (Wildman–Crippen MR) is 87.4 cm³/mol. The normalized spacial score (nSPS) is 10.5. The van der Waals surface area contributed by atoms with Crippen LogP contribution in [0.5, 0.6) is 11.5 Å². The van der Waals surface area contributed by atoms with Crippen LogP contribution in [0, 0.1) is 10.1 Å². The smallest absolute Gasteiger partial charge is 0.277 e. The number of phenols is 1. The van der Waals surface area contributed by atoms with Gasteiger partial charge in [0.2, 0.25) is 0 Å². The number of benzene rings is 2. The van der Waals surface area contributed by atoms with Crippen molar-refractivity contribution in [1.29, 1.82) is 0 Å². The van der Waals surface area contributed by atoms with Gasteiger partial charge in [-0.1, -0.05) is 17.7 Å². The zero-order valence-corrected chi connectivity index (χ0v) is 12.9. The molecule has 0 bridgehead atoms. The number of hydrazone groups is 1. The summed E-state index contributed by atoms with van der Waals surface area (Å²) in [6, 6.07) is 10.0. The molecule has 1 amide bonds. The SMILES string of the molecule is O=C(COc1cccc(Cl)c1)N/N=C/c1cc([N+](=O)[O-])ccc1O. The summed E-state index contributed by atoms with van der Waals surface area (Å²) >= 11 is 5.79. The molecule has 0 aromatic heterocycles. The number of halogens is 1. The Balaban J connectivity index is 1.90. The number of nitrogens with one attached hydrogen (secondary N) is 1. The Morgan fingerprint density at radius 3 is 2.88 bits per heavy atom. The van der Waals surface area contributed by atoms with Gasteiger partial charge in [0.1, 0.15) is 11.5 Å². The van der Waals surface area contributed by atoms with E-state index in [1.54, 1.807) is 24.3 Å². The lowest BCUT2D eigenvalue weighted by Crippen LogP contribution is -2.24. The van der Waals surface area contributed by atoms with Crippen LogP contribution in [0.4, 0.5) is 5.69 Å². The quantitative estimate of drug-likeness (QED) is 0.472. The molecule has 0 aliphatic heterocycles. The van der Waals surface area contributed by atoms with Crippen molar-refractivity contribution in [3.63, 3.8) is 0 Å². The van der Waals surface area contributed by atoms with Gasteiger partial charge in [-0.25, -0.2) is 5.43 Å². The summed E-state index contributed by atoms with van der Waals surface area (Å²) in [5, 5.41) is 24.4. The third-order valence-corrected chi connectivity index (χ3v) is 3.02. The van der Waals surface area contributed by atoms with Crippen molar-refractivity contribution in [2.45, 2.75) is 0 Å². The first kappa shape index (κ1) is 17.2. The minimum absolute atomic E-state index is 0.0975. The lowest BCUT2D eigenvalue weighted by molar-refractivity contribution is -0.384. The molecule has 0 atom stereocenters. The zero-order chi connectivity index (χ0) is 17.5. The highest BCUT2D eigenvalue weighted by Gasteiger charge is 2.09. The number of hydrogen-bond acceptors (Lipinski definition) is 6. The second kappa shape index (κ2) is 7.93. The molecule has 0 aliphatic carbocycles. The minimum Gasteiger partial charge on any atom is -0.507 e. The van der Waals surface area contributed by atoms with Crippen molar-refractivity contribution < 1.29 is 19.6 Å². The molecule has 0 aliphatic rings. The number of amides is 1. The van der Waals surface area contributed by atoms with Gasteiger partial charge in [-0.2, -0.15) is 5.10 Å². The van der Waals surface area contributed by atoms with Crippen LogP contribution in [-0.2, 0) is 4.79 Å². The molecule has 2 aromatic rings. The Morgan fingerprint density at radius 2 is 2.17 bits per heavy atom. The first-order valence-corrected chi connectivity index (χ1v) is 7.01. The molecular weight excluding hydrogens is 338 g/mol. The fourth-order valence-corrected chi connectivity index (χ4v) is 1.85. The van der Waals surface area contributed by atoms with Gasteiger partial charge in [-0.05, 0) is 24.3 Å². The monoisotopic (exact) mass is 349 g/mol. The molecule has 9 heteroatoms. The number of nitro groups is 1. The average Bonchev–Trinajstić information content (AvgIpc) is 2.54. The Hall–Kier alpha value is -3.13. The van der Waals surface area contributed by atoms with E-state index in [2.05, 4.69) is 10.5 Å². The molecule has 2 N–H and O–H groups in total. The molecule has 2 aromatic carbocycles. The van der Waals surface area contributed by atoms with Crippen LogP contribution >= 0.6 is 11.6 Å². The van der Waals surface area contributed by atoms with Gasteiger partial charge in [0.05, 0.1) is 11.1 Å². The standard InChI is InChI=1S/C15H12ClN3O5/c16-11-2-1-3-13(7-11)24-9-15(21)18-17-8-10-6-12(19(22)23)4-5-14(10)20/h1-8,20H,9H2,(H,18,21)/b17-8+. The van der Waals surface area contributed by atoms with Crippen LogP contribution in [0.1, 0.15) is 5.56 Å². The summed E-state index contributed by atoms with van der Waals surface area (Å²) in [4.78, 5) is 21.7. The van der Waals surface area contributed by atoms with Crippen LogP contribution in [0.25, 0.3) is 0 Å². The minimum atomic E-state index is -0.603. The van der Waals surface area contributed by atoms with Gasteiger partial charge in [-0.15, -0.1) is 0 Å². The van der Waals surface area contributed by atoms with E-state index in [0.717, 1.165) is 18.3 Å². The lowest BCUT2D eigenvalue weighted by Gasteiger charge is -2.05. The van der Waals surface area contributed by atoms with E-state index < -0.39 is 10.8 Å². The summed E-state index contributed by atoms with van der Waals surface area (Å²) in [6.07, 6.45) is 1.10. The van der Waals surface area contributed by atoms with Crippen molar-refractivity contribution in [2.75, 3.05) is 6.61 Å². The first-order valence-electron chi connectivity index (χ1n) is 6.63. The largest absolute Gasteiger partial charge is 0.507 e. The van der Waals surface area contributed by atoms with E-state index in [9.17, 15) is 20.0 Å². The van der Waals surface area contributed by atoms with Gasteiger partial charge in [-0.3, -0.25) is 14.9 Å². The Morgan fingerprint density at radius 1 is 1.38 bits per heavy atom. The molecule has 0 spiro atoms. The maximum absolute atomic E-state index is 11.6. The number of aromatic hydroxyl groups is 1. The Kier molecular flexibility index (Phi) is 5.69. The van der Waals surface area contributed by atoms with E-state index in [4.69, 9.17) is 16.3 Å². The maximum Gasteiger partial charge on any atom is 0.277 e. The third-order valence-electron chi connectivity index (χ3n) is 2.78. The van der Waals surface area contributed by atoms with Crippen molar-refractivity contribution >= 4 is 29.4 Å². The summed E-state index contributed by atoms with van der Waals surface area (Å²) in [7, 11) is 0. The number of phenolic OH excluding ortho intramolecular Hbond substituents is 1. The van der Waals surface area contributed by atoms with E-state index in [-0.39, 0.29) is 23.6 Å². The Bertz CT molecular complexity index is 794. The number of nitrogens with zero attached hydrogens (tertiary/aromatic N) is 2. The van der Waals surface area contributed by atoms with Crippen LogP contribution < -0.4 is 10.2 Å². The topological polar surface area (TPSA) is 114 Å². The van der Waals surface area contributed by atoms with Crippen molar-refractivity contribution in [3.8, 4) is 11.5 Å². The van der Waals surface area contributed by atoms with Crippen molar-refractivity contribution in [2.24, 2.45) is 5.10 Å².